The maximum Gasteiger partial charge on any atom is 0.272 e. The fourth-order valence-corrected chi connectivity index (χ4v) is 2.51. The van der Waals surface area contributed by atoms with Gasteiger partial charge in [-0.1, -0.05) is 6.92 Å². The van der Waals surface area contributed by atoms with Crippen molar-refractivity contribution in [3.05, 3.63) is 39.7 Å². The molecule has 5 heteroatoms. The monoisotopic (exact) mass is 266 g/mol. The molecule has 1 N–H and O–H groups in total. The average molecular weight is 266 g/mol. The second-order valence-electron chi connectivity index (χ2n) is 5.07. The minimum atomic E-state index is -0.436. The first-order valence-electron chi connectivity index (χ1n) is 6.78. The number of aryl methyl sites for hydroxylation is 1. The lowest BCUT2D eigenvalue weighted by molar-refractivity contribution is -0.385. The number of nitrogens with one attached hydrogen (secondary N) is 1. The van der Waals surface area contributed by atoms with Gasteiger partial charge < -0.3 is 5.32 Å². The Kier molecular flexibility index (Phi) is 4.47. The molecule has 1 unspecified atom stereocenters. The first-order chi connectivity index (χ1) is 9.11. The summed E-state index contributed by atoms with van der Waals surface area (Å²) in [4.78, 5) is 10.5. The smallest absolute Gasteiger partial charge is 0.272 e. The predicted molar refractivity (Wildman–Crippen MR) is 71.6 cm³/mol. The number of rotatable bonds is 7. The van der Waals surface area contributed by atoms with Crippen molar-refractivity contribution < 1.29 is 9.31 Å². The summed E-state index contributed by atoms with van der Waals surface area (Å²) in [7, 11) is 0. The highest BCUT2D eigenvalue weighted by molar-refractivity contribution is 5.40. The Morgan fingerprint density at radius 1 is 1.53 bits per heavy atom. The quantitative estimate of drug-likeness (QED) is 0.609. The van der Waals surface area contributed by atoms with Gasteiger partial charge in [-0.3, -0.25) is 10.1 Å². The molecule has 1 atom stereocenters. The molecule has 0 amide bonds. The summed E-state index contributed by atoms with van der Waals surface area (Å²) in [6.45, 7) is 2.95. The van der Waals surface area contributed by atoms with Gasteiger partial charge in [0.25, 0.3) is 5.69 Å². The first-order valence-corrected chi connectivity index (χ1v) is 6.78. The summed E-state index contributed by atoms with van der Waals surface area (Å²) >= 11 is 0. The van der Waals surface area contributed by atoms with Crippen LogP contribution in [0.3, 0.4) is 0 Å². The summed E-state index contributed by atoms with van der Waals surface area (Å²) in [5.41, 5.74) is 0.515. The van der Waals surface area contributed by atoms with Crippen LogP contribution in [0.4, 0.5) is 10.1 Å². The number of hydrogen-bond donors (Lipinski definition) is 1. The molecule has 1 saturated carbocycles. The molecule has 1 aliphatic carbocycles. The Balaban J connectivity index is 2.04. The summed E-state index contributed by atoms with van der Waals surface area (Å²) in [6, 6.07) is 4.08. The van der Waals surface area contributed by atoms with Crippen LogP contribution in [0.5, 0.6) is 0 Å². The van der Waals surface area contributed by atoms with Gasteiger partial charge in [-0.15, -0.1) is 0 Å². The van der Waals surface area contributed by atoms with Crippen LogP contribution in [0.15, 0.2) is 18.2 Å². The Morgan fingerprint density at radius 3 is 2.84 bits per heavy atom. The second kappa shape index (κ2) is 6.10. The third-order valence-corrected chi connectivity index (χ3v) is 3.62. The standard InChI is InChI=1S/C14H19FN2O2/c1-2-16-13(10-3-4-10)7-5-11-9-12(15)6-8-14(11)17(18)19/h6,8-10,13,16H,2-5,7H2,1H3. The SMILES string of the molecule is CCNC(CCc1cc(F)ccc1[N+](=O)[O-])C1CC1. The highest BCUT2D eigenvalue weighted by Gasteiger charge is 2.30. The minimum absolute atomic E-state index is 0.0208. The van der Waals surface area contributed by atoms with Gasteiger partial charge in [-0.25, -0.2) is 4.39 Å². The van der Waals surface area contributed by atoms with Gasteiger partial charge in [-0.2, -0.15) is 0 Å². The third-order valence-electron chi connectivity index (χ3n) is 3.62. The van der Waals surface area contributed by atoms with Crippen molar-refractivity contribution in [3.8, 4) is 0 Å². The van der Waals surface area contributed by atoms with Gasteiger partial charge in [0.15, 0.2) is 0 Å². The lowest BCUT2D eigenvalue weighted by Crippen LogP contribution is -2.31. The molecular weight excluding hydrogens is 247 g/mol. The second-order valence-corrected chi connectivity index (χ2v) is 5.07. The number of halogens is 1. The molecule has 104 valence electrons. The van der Waals surface area contributed by atoms with E-state index in [4.69, 9.17) is 0 Å². The Bertz CT molecular complexity index is 461. The molecule has 2 rings (SSSR count). The molecule has 0 aliphatic heterocycles. The number of benzene rings is 1. The third kappa shape index (κ3) is 3.73. The van der Waals surface area contributed by atoms with Crippen molar-refractivity contribution in [2.45, 2.75) is 38.6 Å². The molecule has 19 heavy (non-hydrogen) atoms. The summed E-state index contributed by atoms with van der Waals surface area (Å²) in [5.74, 6) is 0.277. The van der Waals surface area contributed by atoms with Crippen molar-refractivity contribution in [3.63, 3.8) is 0 Å². The van der Waals surface area contributed by atoms with Crippen molar-refractivity contribution >= 4 is 5.69 Å². The van der Waals surface area contributed by atoms with Crippen LogP contribution in [-0.2, 0) is 6.42 Å². The molecular formula is C14H19FN2O2. The highest BCUT2D eigenvalue weighted by atomic mass is 19.1. The van der Waals surface area contributed by atoms with Crippen LogP contribution < -0.4 is 5.32 Å². The predicted octanol–water partition coefficient (Wildman–Crippen LogP) is 3.05. The van der Waals surface area contributed by atoms with Crippen LogP contribution in [-0.4, -0.2) is 17.5 Å². The van der Waals surface area contributed by atoms with E-state index in [0.717, 1.165) is 19.0 Å². The molecule has 0 spiro atoms. The van der Waals surface area contributed by atoms with E-state index in [2.05, 4.69) is 12.2 Å². The maximum atomic E-state index is 13.2. The topological polar surface area (TPSA) is 55.2 Å². The van der Waals surface area contributed by atoms with E-state index in [1.54, 1.807) is 0 Å². The fraction of sp³-hybridized carbons (Fsp3) is 0.571. The van der Waals surface area contributed by atoms with Crippen molar-refractivity contribution in [1.82, 2.24) is 5.32 Å². The molecule has 1 aliphatic rings. The van der Waals surface area contributed by atoms with E-state index < -0.39 is 10.7 Å². The Morgan fingerprint density at radius 2 is 2.26 bits per heavy atom. The lowest BCUT2D eigenvalue weighted by atomic mass is 10.0. The van der Waals surface area contributed by atoms with Crippen LogP contribution >= 0.6 is 0 Å². The van der Waals surface area contributed by atoms with Gasteiger partial charge >= 0.3 is 0 Å². The zero-order valence-electron chi connectivity index (χ0n) is 11.1. The van der Waals surface area contributed by atoms with E-state index in [1.165, 1.54) is 25.0 Å². The largest absolute Gasteiger partial charge is 0.314 e. The molecule has 0 heterocycles. The maximum absolute atomic E-state index is 13.2. The van der Waals surface area contributed by atoms with Crippen LogP contribution in [0.2, 0.25) is 0 Å². The molecule has 0 radical (unpaired) electrons. The molecule has 1 aromatic rings. The average Bonchev–Trinajstić information content (AvgIpc) is 3.18. The van der Waals surface area contributed by atoms with E-state index in [-0.39, 0.29) is 5.69 Å². The fourth-order valence-electron chi connectivity index (χ4n) is 2.51. The van der Waals surface area contributed by atoms with Crippen molar-refractivity contribution in [2.75, 3.05) is 6.54 Å². The summed E-state index contributed by atoms with van der Waals surface area (Å²) in [6.07, 6.45) is 3.82. The lowest BCUT2D eigenvalue weighted by Gasteiger charge is -2.17. The van der Waals surface area contributed by atoms with Gasteiger partial charge in [-0.05, 0) is 50.3 Å². The summed E-state index contributed by atoms with van der Waals surface area (Å²) < 4.78 is 13.2. The summed E-state index contributed by atoms with van der Waals surface area (Å²) in [5, 5.41) is 14.3. The van der Waals surface area contributed by atoms with E-state index >= 15 is 0 Å². The zero-order chi connectivity index (χ0) is 13.8. The van der Waals surface area contributed by atoms with Gasteiger partial charge in [0, 0.05) is 17.7 Å². The van der Waals surface area contributed by atoms with E-state index in [1.807, 2.05) is 0 Å². The molecule has 1 fully saturated rings. The molecule has 4 nitrogen and oxygen atoms in total. The zero-order valence-corrected chi connectivity index (χ0v) is 11.1. The highest BCUT2D eigenvalue weighted by Crippen LogP contribution is 2.35. The number of hydrogen-bond acceptors (Lipinski definition) is 3. The van der Waals surface area contributed by atoms with Crippen LogP contribution in [0.25, 0.3) is 0 Å². The van der Waals surface area contributed by atoms with Crippen molar-refractivity contribution in [1.29, 1.82) is 0 Å². The van der Waals surface area contributed by atoms with E-state index in [9.17, 15) is 14.5 Å². The van der Waals surface area contributed by atoms with Crippen LogP contribution in [0.1, 0.15) is 31.7 Å². The van der Waals surface area contributed by atoms with Gasteiger partial charge in [0.2, 0.25) is 0 Å². The van der Waals surface area contributed by atoms with Gasteiger partial charge in [0.1, 0.15) is 5.82 Å². The van der Waals surface area contributed by atoms with Crippen molar-refractivity contribution in [2.24, 2.45) is 5.92 Å². The first kappa shape index (κ1) is 13.9. The Labute approximate surface area is 112 Å². The van der Waals surface area contributed by atoms with Crippen LogP contribution in [0, 0.1) is 21.8 Å². The number of nitrogens with zero attached hydrogens (tertiary/aromatic N) is 1. The molecule has 0 saturated heterocycles. The normalized spacial score (nSPS) is 16.3. The van der Waals surface area contributed by atoms with E-state index in [0.29, 0.717) is 23.9 Å². The molecule has 0 bridgehead atoms. The van der Waals surface area contributed by atoms with Gasteiger partial charge in [0.05, 0.1) is 4.92 Å². The molecule has 0 aromatic heterocycles. The minimum Gasteiger partial charge on any atom is -0.314 e. The molecule has 1 aromatic carbocycles. The number of nitro benzene ring substituents is 1. The number of nitro groups is 1. The Hall–Kier alpha value is -1.49.